The molecule has 0 fully saturated rings. The van der Waals surface area contributed by atoms with Crippen LogP contribution in [0.5, 0.6) is 5.75 Å². The van der Waals surface area contributed by atoms with Gasteiger partial charge in [0, 0.05) is 5.39 Å². The predicted octanol–water partition coefficient (Wildman–Crippen LogP) is -5.93. The number of benzene rings is 2. The third kappa shape index (κ3) is 4.64. The first-order chi connectivity index (χ1) is 8.60. The van der Waals surface area contributed by atoms with Crippen molar-refractivity contribution in [3.63, 3.8) is 0 Å². The second-order valence-corrected chi connectivity index (χ2v) is 6.41. The van der Waals surface area contributed by atoms with Crippen molar-refractivity contribution in [2.45, 2.75) is 9.79 Å². The predicted molar refractivity (Wildman–Crippen MR) is 61.2 cm³/mol. The topological polar surface area (TPSA) is 135 Å². The van der Waals surface area contributed by atoms with Crippen molar-refractivity contribution >= 4 is 31.0 Å². The molecule has 0 aliphatic carbocycles. The molecule has 0 heterocycles. The van der Waals surface area contributed by atoms with E-state index in [1.54, 1.807) is 0 Å². The molecule has 0 unspecified atom stereocenters. The molecule has 21 heavy (non-hydrogen) atoms. The zero-order valence-corrected chi connectivity index (χ0v) is 16.7. The molecule has 0 saturated carbocycles. The summed E-state index contributed by atoms with van der Waals surface area (Å²) in [6, 6.07) is 4.96. The molecule has 0 radical (unpaired) electrons. The van der Waals surface area contributed by atoms with Crippen molar-refractivity contribution < 1.29 is 90.2 Å². The molecule has 0 saturated heterocycles. The van der Waals surface area contributed by atoms with Crippen LogP contribution in [-0.2, 0) is 20.2 Å². The fraction of sp³-hybridized carbons (Fsp3) is 0. The van der Waals surface area contributed by atoms with Crippen LogP contribution in [0.1, 0.15) is 0 Å². The molecule has 0 spiro atoms. The summed E-state index contributed by atoms with van der Waals surface area (Å²) in [5.41, 5.74) is 0. The average molecular weight is 348 g/mol. The Bertz CT molecular complexity index is 876. The van der Waals surface area contributed by atoms with E-state index >= 15 is 0 Å². The second kappa shape index (κ2) is 7.26. The number of hydrogen-bond acceptors (Lipinski definition) is 6. The molecule has 2 aromatic carbocycles. The van der Waals surface area contributed by atoms with Crippen LogP contribution in [0, 0.1) is 0 Å². The fourth-order valence-corrected chi connectivity index (χ4v) is 3.70. The minimum Gasteiger partial charge on any atom is -0.872 e. The van der Waals surface area contributed by atoms with E-state index in [9.17, 15) is 26.5 Å². The van der Waals surface area contributed by atoms with Gasteiger partial charge in [0.15, 0.2) is 0 Å². The monoisotopic (exact) mass is 348 g/mol. The Morgan fingerprint density at radius 2 is 1.52 bits per heavy atom. The molecule has 0 aliphatic rings. The fourth-order valence-electron chi connectivity index (χ4n) is 1.72. The molecule has 102 valence electrons. The maximum atomic E-state index is 11.3. The number of fused-ring (bicyclic) bond motifs is 1. The smallest absolute Gasteiger partial charge is 0.872 e. The van der Waals surface area contributed by atoms with Gasteiger partial charge >= 0.3 is 59.1 Å². The standard InChI is InChI=1S/C10H8O7S2.2Na/c11-7-2-3-8-6(5-7)1-4-9(18(12,13)14)10(8)19(15,16)17;;/h1-5,11H,(H,12,13,14)(H,15,16,17);;/q;2*+1/p-2. The van der Waals surface area contributed by atoms with Gasteiger partial charge in [0.05, 0.1) is 4.90 Å². The van der Waals surface area contributed by atoms with Gasteiger partial charge < -0.3 is 9.66 Å². The van der Waals surface area contributed by atoms with Crippen LogP contribution >= 0.6 is 0 Å². The molecule has 0 bridgehead atoms. The summed E-state index contributed by atoms with van der Waals surface area (Å²) in [5, 5.41) is 11.0. The van der Waals surface area contributed by atoms with Crippen LogP contribution in [0.3, 0.4) is 0 Å². The van der Waals surface area contributed by atoms with Crippen LogP contribution < -0.4 is 64.2 Å². The summed E-state index contributed by atoms with van der Waals surface area (Å²) >= 11 is 0. The first kappa shape index (κ1) is 21.3. The summed E-state index contributed by atoms with van der Waals surface area (Å²) in [6.45, 7) is 0. The molecule has 2 rings (SSSR count). The average Bonchev–Trinajstić information content (AvgIpc) is 2.24. The van der Waals surface area contributed by atoms with Gasteiger partial charge in [-0.2, -0.15) is 8.42 Å². The summed E-state index contributed by atoms with van der Waals surface area (Å²) < 4.78 is 64.7. The molecule has 0 aliphatic heterocycles. The summed E-state index contributed by atoms with van der Waals surface area (Å²) in [6.07, 6.45) is 0. The van der Waals surface area contributed by atoms with Crippen molar-refractivity contribution in [3.8, 4) is 5.75 Å². The van der Waals surface area contributed by atoms with Gasteiger partial charge in [0.1, 0.15) is 15.0 Å². The Hall–Kier alpha value is 0.320. The van der Waals surface area contributed by atoms with Crippen LogP contribution in [0.15, 0.2) is 40.1 Å². The SMILES string of the molecule is O=S(=O)([O-])c1ccc2cc([O-])ccc2c1S(=O)(=O)O.[Na+].[Na+]. The summed E-state index contributed by atoms with van der Waals surface area (Å²) in [7, 11) is -10.0. The number of rotatable bonds is 2. The van der Waals surface area contributed by atoms with Crippen molar-refractivity contribution in [1.29, 1.82) is 0 Å². The van der Waals surface area contributed by atoms with Gasteiger partial charge in [0.25, 0.3) is 10.1 Å². The molecule has 0 atom stereocenters. The molecular formula is C10H6Na2O7S2. The normalized spacial score (nSPS) is 11.5. The minimum atomic E-state index is -5.09. The first-order valence-corrected chi connectivity index (χ1v) is 7.63. The molecule has 7 nitrogen and oxygen atoms in total. The van der Waals surface area contributed by atoms with Crippen molar-refractivity contribution in [1.82, 2.24) is 0 Å². The van der Waals surface area contributed by atoms with Crippen molar-refractivity contribution in [2.24, 2.45) is 0 Å². The van der Waals surface area contributed by atoms with Gasteiger partial charge in [0.2, 0.25) is 0 Å². The zero-order valence-electron chi connectivity index (χ0n) is 11.1. The van der Waals surface area contributed by atoms with Crippen molar-refractivity contribution in [3.05, 3.63) is 30.3 Å². The third-order valence-electron chi connectivity index (χ3n) is 2.43. The van der Waals surface area contributed by atoms with Crippen molar-refractivity contribution in [2.75, 3.05) is 0 Å². The zero-order chi connectivity index (χ0) is 14.4. The Morgan fingerprint density at radius 3 is 2.00 bits per heavy atom. The van der Waals surface area contributed by atoms with E-state index in [2.05, 4.69) is 0 Å². The quantitative estimate of drug-likeness (QED) is 0.422. The van der Waals surface area contributed by atoms with E-state index in [1.165, 1.54) is 0 Å². The Balaban J connectivity index is 0.00000200. The van der Waals surface area contributed by atoms with Gasteiger partial charge in [-0.15, -0.1) is 5.75 Å². The summed E-state index contributed by atoms with van der Waals surface area (Å²) in [5.74, 6) is -0.425. The first-order valence-electron chi connectivity index (χ1n) is 4.78. The molecular weight excluding hydrogens is 342 g/mol. The van der Waals surface area contributed by atoms with E-state index in [4.69, 9.17) is 4.55 Å². The molecule has 0 amide bonds. The Labute approximate surface area is 165 Å². The van der Waals surface area contributed by atoms with Gasteiger partial charge in [-0.05, 0) is 11.5 Å². The van der Waals surface area contributed by atoms with Crippen LogP contribution in [0.4, 0.5) is 0 Å². The minimum absolute atomic E-state index is 0. The van der Waals surface area contributed by atoms with Gasteiger partial charge in [-0.25, -0.2) is 8.42 Å². The third-order valence-corrected chi connectivity index (χ3v) is 4.40. The van der Waals surface area contributed by atoms with Crippen LogP contribution in [0.2, 0.25) is 0 Å². The molecule has 0 aromatic heterocycles. The van der Waals surface area contributed by atoms with E-state index in [0.29, 0.717) is 0 Å². The second-order valence-electron chi connectivity index (χ2n) is 3.70. The van der Waals surface area contributed by atoms with Gasteiger partial charge in [-0.3, -0.25) is 4.55 Å². The molecule has 2 aromatic rings. The van der Waals surface area contributed by atoms with E-state index in [1.807, 2.05) is 0 Å². The Kier molecular flexibility index (Phi) is 7.37. The largest absolute Gasteiger partial charge is 1.00 e. The molecule has 11 heteroatoms. The van der Waals surface area contributed by atoms with Crippen LogP contribution in [0.25, 0.3) is 10.8 Å². The van der Waals surface area contributed by atoms with E-state index in [-0.39, 0.29) is 69.9 Å². The molecule has 1 N–H and O–H groups in total. The summed E-state index contributed by atoms with van der Waals surface area (Å²) in [4.78, 5) is -2.07. The maximum absolute atomic E-state index is 11.3. The maximum Gasteiger partial charge on any atom is 1.00 e. The van der Waals surface area contributed by atoms with E-state index < -0.39 is 35.8 Å². The number of hydrogen-bond donors (Lipinski definition) is 1. The van der Waals surface area contributed by atoms with Crippen LogP contribution in [-0.4, -0.2) is 25.9 Å². The van der Waals surface area contributed by atoms with Gasteiger partial charge in [-0.1, -0.05) is 24.3 Å². The van der Waals surface area contributed by atoms with E-state index in [0.717, 1.165) is 30.3 Å². The Morgan fingerprint density at radius 1 is 0.952 bits per heavy atom.